The fourth-order valence-electron chi connectivity index (χ4n) is 3.94. The molecule has 0 saturated carbocycles. The maximum atomic E-state index is 9.60. The van der Waals surface area contributed by atoms with Gasteiger partial charge in [0, 0.05) is 6.61 Å². The standard InChI is InChI=1S/C24H22N2O/c27-17-16-19-18-25-26-23(19)24(20-10-4-1-5-11-20,21-12-6-2-7-13-21)22-14-8-3-9-15-22/h1-15,18,27H,16-17H2,(H,25,26). The highest BCUT2D eigenvalue weighted by atomic mass is 16.2. The van der Waals surface area contributed by atoms with Crippen molar-refractivity contribution in [1.29, 1.82) is 0 Å². The van der Waals surface area contributed by atoms with Gasteiger partial charge >= 0.3 is 0 Å². The Kier molecular flexibility index (Phi) is 4.86. The number of aliphatic hydroxyl groups is 1. The van der Waals surface area contributed by atoms with Crippen LogP contribution in [0.5, 0.6) is 0 Å². The zero-order valence-electron chi connectivity index (χ0n) is 15.0. The predicted octanol–water partition coefficient (Wildman–Crippen LogP) is 4.33. The molecule has 0 fully saturated rings. The van der Waals surface area contributed by atoms with Gasteiger partial charge in [-0.1, -0.05) is 91.0 Å². The molecule has 27 heavy (non-hydrogen) atoms. The van der Waals surface area contributed by atoms with Gasteiger partial charge in [-0.15, -0.1) is 0 Å². The second-order valence-corrected chi connectivity index (χ2v) is 6.59. The van der Waals surface area contributed by atoms with Crippen LogP contribution in [0.1, 0.15) is 27.9 Å². The van der Waals surface area contributed by atoms with Crippen LogP contribution in [0, 0.1) is 0 Å². The number of nitrogens with one attached hydrogen (secondary N) is 1. The lowest BCUT2D eigenvalue weighted by Crippen LogP contribution is -2.32. The van der Waals surface area contributed by atoms with E-state index in [1.54, 1.807) is 0 Å². The van der Waals surface area contributed by atoms with Gasteiger partial charge in [0.2, 0.25) is 0 Å². The normalized spacial score (nSPS) is 11.4. The Hall–Kier alpha value is -3.17. The van der Waals surface area contributed by atoms with Crippen molar-refractivity contribution in [1.82, 2.24) is 10.2 Å². The average molecular weight is 354 g/mol. The number of nitrogens with zero attached hydrogens (tertiary/aromatic N) is 1. The zero-order chi connectivity index (χ0) is 18.5. The lowest BCUT2D eigenvalue weighted by atomic mass is 9.66. The molecule has 1 aromatic heterocycles. The van der Waals surface area contributed by atoms with Crippen molar-refractivity contribution in [2.24, 2.45) is 0 Å². The Balaban J connectivity index is 2.12. The van der Waals surface area contributed by atoms with E-state index in [-0.39, 0.29) is 6.61 Å². The summed E-state index contributed by atoms with van der Waals surface area (Å²) in [6, 6.07) is 31.4. The molecule has 0 saturated heterocycles. The van der Waals surface area contributed by atoms with Gasteiger partial charge in [-0.05, 0) is 28.7 Å². The van der Waals surface area contributed by atoms with Crippen LogP contribution >= 0.6 is 0 Å². The van der Waals surface area contributed by atoms with Crippen molar-refractivity contribution in [3.8, 4) is 0 Å². The van der Waals surface area contributed by atoms with Crippen molar-refractivity contribution < 1.29 is 5.11 Å². The Labute approximate surface area is 159 Å². The highest BCUT2D eigenvalue weighted by Gasteiger charge is 2.41. The van der Waals surface area contributed by atoms with E-state index in [1.165, 1.54) is 0 Å². The molecule has 0 aliphatic heterocycles. The summed E-state index contributed by atoms with van der Waals surface area (Å²) in [4.78, 5) is 0. The van der Waals surface area contributed by atoms with E-state index in [0.29, 0.717) is 6.42 Å². The number of benzene rings is 3. The summed E-state index contributed by atoms with van der Waals surface area (Å²) < 4.78 is 0. The van der Waals surface area contributed by atoms with Crippen LogP contribution in [0.2, 0.25) is 0 Å². The van der Waals surface area contributed by atoms with Gasteiger partial charge in [-0.3, -0.25) is 5.10 Å². The third-order valence-electron chi connectivity index (χ3n) is 5.09. The second kappa shape index (κ2) is 7.60. The van der Waals surface area contributed by atoms with Gasteiger partial charge < -0.3 is 5.11 Å². The van der Waals surface area contributed by atoms with E-state index in [9.17, 15) is 5.11 Å². The lowest BCUT2D eigenvalue weighted by Gasteiger charge is -2.36. The van der Waals surface area contributed by atoms with Crippen molar-refractivity contribution in [3.63, 3.8) is 0 Å². The van der Waals surface area contributed by atoms with Crippen LogP contribution < -0.4 is 0 Å². The number of hydrogen-bond donors (Lipinski definition) is 2. The molecule has 0 aliphatic carbocycles. The summed E-state index contributed by atoms with van der Waals surface area (Å²) in [5.41, 5.74) is 4.96. The molecule has 1 heterocycles. The van der Waals surface area contributed by atoms with E-state index >= 15 is 0 Å². The molecule has 0 bridgehead atoms. The summed E-state index contributed by atoms with van der Waals surface area (Å²) in [6.45, 7) is 0.0843. The van der Waals surface area contributed by atoms with Crippen LogP contribution in [0.25, 0.3) is 0 Å². The number of H-pyrrole nitrogens is 1. The highest BCUT2D eigenvalue weighted by molar-refractivity contribution is 5.59. The Morgan fingerprint density at radius 3 is 1.56 bits per heavy atom. The molecule has 0 unspecified atom stereocenters. The number of hydrogen-bond acceptors (Lipinski definition) is 2. The SMILES string of the molecule is OCCc1cn[nH]c1C(c1ccccc1)(c1ccccc1)c1ccccc1. The van der Waals surface area contributed by atoms with E-state index in [1.807, 2.05) is 24.4 Å². The van der Waals surface area contributed by atoms with Crippen LogP contribution in [0.3, 0.4) is 0 Å². The fraction of sp³-hybridized carbons (Fsp3) is 0.125. The van der Waals surface area contributed by atoms with Crippen LogP contribution in [0.15, 0.2) is 97.2 Å². The van der Waals surface area contributed by atoms with E-state index in [0.717, 1.165) is 27.9 Å². The van der Waals surface area contributed by atoms with Crippen molar-refractivity contribution in [2.75, 3.05) is 6.61 Å². The molecule has 0 radical (unpaired) electrons. The minimum absolute atomic E-state index is 0.0843. The minimum Gasteiger partial charge on any atom is -0.396 e. The monoisotopic (exact) mass is 354 g/mol. The van der Waals surface area contributed by atoms with Gasteiger partial charge in [0.05, 0.1) is 17.3 Å². The molecule has 0 amide bonds. The molecule has 3 aromatic carbocycles. The Morgan fingerprint density at radius 1 is 0.704 bits per heavy atom. The molecule has 2 N–H and O–H groups in total. The number of aromatic nitrogens is 2. The predicted molar refractivity (Wildman–Crippen MR) is 108 cm³/mol. The zero-order valence-corrected chi connectivity index (χ0v) is 15.0. The summed E-state index contributed by atoms with van der Waals surface area (Å²) in [7, 11) is 0. The first-order chi connectivity index (χ1) is 13.4. The first kappa shape index (κ1) is 17.3. The molecule has 3 nitrogen and oxygen atoms in total. The van der Waals surface area contributed by atoms with Crippen molar-refractivity contribution in [2.45, 2.75) is 11.8 Å². The van der Waals surface area contributed by atoms with E-state index in [4.69, 9.17) is 0 Å². The number of aliphatic hydroxyl groups excluding tert-OH is 1. The molecule has 0 aliphatic rings. The highest BCUT2D eigenvalue weighted by Crippen LogP contribution is 2.45. The first-order valence-electron chi connectivity index (χ1n) is 9.17. The first-order valence-corrected chi connectivity index (χ1v) is 9.17. The third-order valence-corrected chi connectivity index (χ3v) is 5.09. The van der Waals surface area contributed by atoms with Gasteiger partial charge in [-0.25, -0.2) is 0 Å². The second-order valence-electron chi connectivity index (χ2n) is 6.59. The van der Waals surface area contributed by atoms with E-state index in [2.05, 4.69) is 83.0 Å². The molecule has 4 rings (SSSR count). The molecular formula is C24H22N2O. The summed E-state index contributed by atoms with van der Waals surface area (Å²) in [5.74, 6) is 0. The largest absolute Gasteiger partial charge is 0.396 e. The molecule has 3 heteroatoms. The van der Waals surface area contributed by atoms with Gasteiger partial charge in [0.15, 0.2) is 0 Å². The molecule has 0 atom stereocenters. The van der Waals surface area contributed by atoms with Crippen LogP contribution in [0.4, 0.5) is 0 Å². The van der Waals surface area contributed by atoms with Crippen molar-refractivity contribution >= 4 is 0 Å². The average Bonchev–Trinajstić information content (AvgIpc) is 3.20. The van der Waals surface area contributed by atoms with E-state index < -0.39 is 5.41 Å². The topological polar surface area (TPSA) is 48.9 Å². The maximum absolute atomic E-state index is 9.60. The smallest absolute Gasteiger partial charge is 0.0870 e. The van der Waals surface area contributed by atoms with Crippen molar-refractivity contribution in [3.05, 3.63) is 125 Å². The molecular weight excluding hydrogens is 332 g/mol. The summed E-state index contributed by atoms with van der Waals surface area (Å²) in [5, 5.41) is 17.2. The van der Waals surface area contributed by atoms with Gasteiger partial charge in [-0.2, -0.15) is 5.10 Å². The Bertz CT molecular complexity index is 882. The van der Waals surface area contributed by atoms with Gasteiger partial charge in [0.25, 0.3) is 0 Å². The van der Waals surface area contributed by atoms with Crippen LogP contribution in [-0.2, 0) is 11.8 Å². The summed E-state index contributed by atoms with van der Waals surface area (Å²) in [6.07, 6.45) is 2.38. The molecule has 134 valence electrons. The number of rotatable bonds is 6. The Morgan fingerprint density at radius 2 is 1.15 bits per heavy atom. The van der Waals surface area contributed by atoms with Gasteiger partial charge in [0.1, 0.15) is 0 Å². The minimum atomic E-state index is -0.537. The summed E-state index contributed by atoms with van der Waals surface area (Å²) >= 11 is 0. The quantitative estimate of drug-likeness (QED) is 0.507. The lowest BCUT2D eigenvalue weighted by molar-refractivity contribution is 0.299. The maximum Gasteiger partial charge on any atom is 0.0870 e. The molecule has 0 spiro atoms. The molecule has 4 aromatic rings. The third kappa shape index (κ3) is 2.96. The van der Waals surface area contributed by atoms with Crippen LogP contribution in [-0.4, -0.2) is 21.9 Å². The number of aromatic amines is 1. The fourth-order valence-corrected chi connectivity index (χ4v) is 3.94.